The van der Waals surface area contributed by atoms with Crippen molar-refractivity contribution in [1.29, 1.82) is 0 Å². The molecule has 2 aliphatic rings. The van der Waals surface area contributed by atoms with Gasteiger partial charge in [0.1, 0.15) is 0 Å². The van der Waals surface area contributed by atoms with Crippen molar-refractivity contribution < 1.29 is 4.74 Å². The third-order valence-corrected chi connectivity index (χ3v) is 4.84. The highest BCUT2D eigenvalue weighted by molar-refractivity contribution is 5.35. The van der Waals surface area contributed by atoms with Gasteiger partial charge in [0.15, 0.2) is 0 Å². The fourth-order valence-corrected chi connectivity index (χ4v) is 3.87. The molecule has 0 radical (unpaired) electrons. The van der Waals surface area contributed by atoms with Crippen LogP contribution in [0.15, 0.2) is 24.3 Å². The van der Waals surface area contributed by atoms with Crippen molar-refractivity contribution in [1.82, 2.24) is 5.32 Å². The van der Waals surface area contributed by atoms with Gasteiger partial charge in [-0.25, -0.2) is 0 Å². The molecule has 1 aromatic rings. The van der Waals surface area contributed by atoms with E-state index in [-0.39, 0.29) is 0 Å². The minimum Gasteiger partial charge on any atom is -0.375 e. The van der Waals surface area contributed by atoms with Gasteiger partial charge in [-0.2, -0.15) is 0 Å². The summed E-state index contributed by atoms with van der Waals surface area (Å²) in [5.41, 5.74) is 3.06. The molecular weight excluding hydrogens is 246 g/mol. The Balaban J connectivity index is 1.70. The maximum Gasteiger partial charge on any atom is 0.0583 e. The van der Waals surface area contributed by atoms with Crippen LogP contribution in [0.2, 0.25) is 0 Å². The predicted octanol–water partition coefficient (Wildman–Crippen LogP) is 3.86. The van der Waals surface area contributed by atoms with Crippen molar-refractivity contribution in [3.8, 4) is 0 Å². The Labute approximate surface area is 122 Å². The highest BCUT2D eigenvalue weighted by Gasteiger charge is 2.35. The third-order valence-electron chi connectivity index (χ3n) is 4.84. The molecule has 1 aliphatic heterocycles. The van der Waals surface area contributed by atoms with Crippen LogP contribution in [0.4, 0.5) is 0 Å². The van der Waals surface area contributed by atoms with Gasteiger partial charge < -0.3 is 10.1 Å². The fourth-order valence-electron chi connectivity index (χ4n) is 3.87. The molecule has 4 atom stereocenters. The molecule has 1 fully saturated rings. The van der Waals surface area contributed by atoms with Crippen molar-refractivity contribution in [3.63, 3.8) is 0 Å². The molecule has 3 rings (SSSR count). The van der Waals surface area contributed by atoms with E-state index in [1.54, 1.807) is 0 Å². The average Bonchev–Trinajstić information content (AvgIpc) is 3.00. The summed E-state index contributed by atoms with van der Waals surface area (Å²) in [5.74, 6) is 0.703. The average molecular weight is 273 g/mol. The molecule has 0 saturated carbocycles. The van der Waals surface area contributed by atoms with Crippen molar-refractivity contribution >= 4 is 0 Å². The van der Waals surface area contributed by atoms with Crippen LogP contribution < -0.4 is 5.32 Å². The second kappa shape index (κ2) is 6.28. The molecule has 0 spiro atoms. The number of hydrogen-bond donors (Lipinski definition) is 1. The summed E-state index contributed by atoms with van der Waals surface area (Å²) in [6.45, 7) is 5.55. The first-order chi connectivity index (χ1) is 9.78. The quantitative estimate of drug-likeness (QED) is 0.879. The molecule has 1 N–H and O–H groups in total. The maximum absolute atomic E-state index is 6.05. The predicted molar refractivity (Wildman–Crippen MR) is 82.9 cm³/mol. The molecule has 0 bridgehead atoms. The Bertz CT molecular complexity index is 445. The van der Waals surface area contributed by atoms with E-state index in [4.69, 9.17) is 4.74 Å². The highest BCUT2D eigenvalue weighted by Crippen LogP contribution is 2.40. The molecule has 0 aromatic heterocycles. The van der Waals surface area contributed by atoms with Crippen LogP contribution in [0.5, 0.6) is 0 Å². The number of rotatable bonds is 5. The Morgan fingerprint density at radius 2 is 2.10 bits per heavy atom. The molecule has 0 amide bonds. The number of hydrogen-bond acceptors (Lipinski definition) is 2. The minimum atomic E-state index is 0.464. The topological polar surface area (TPSA) is 21.3 Å². The lowest BCUT2D eigenvalue weighted by Gasteiger charge is -2.24. The Morgan fingerprint density at radius 1 is 1.25 bits per heavy atom. The molecule has 1 aliphatic carbocycles. The second-order valence-electron chi connectivity index (χ2n) is 6.48. The Kier molecular flexibility index (Phi) is 4.42. The normalized spacial score (nSPS) is 32.5. The Morgan fingerprint density at radius 3 is 2.85 bits per heavy atom. The van der Waals surface area contributed by atoms with E-state index in [1.807, 2.05) is 0 Å². The monoisotopic (exact) mass is 273 g/mol. The second-order valence-corrected chi connectivity index (χ2v) is 6.48. The van der Waals surface area contributed by atoms with E-state index in [0.29, 0.717) is 24.2 Å². The lowest BCUT2D eigenvalue weighted by molar-refractivity contribution is 0.0380. The third kappa shape index (κ3) is 2.91. The van der Waals surface area contributed by atoms with Crippen molar-refractivity contribution in [2.75, 3.05) is 6.54 Å². The molecule has 1 aromatic carbocycles. The lowest BCUT2D eigenvalue weighted by Crippen LogP contribution is -2.28. The Hall–Kier alpha value is -0.860. The van der Waals surface area contributed by atoms with Gasteiger partial charge in [0.25, 0.3) is 0 Å². The maximum atomic E-state index is 6.05. The number of benzene rings is 1. The molecule has 2 nitrogen and oxygen atoms in total. The van der Waals surface area contributed by atoms with Gasteiger partial charge in [0.05, 0.1) is 12.2 Å². The van der Waals surface area contributed by atoms with Crippen LogP contribution in [0.1, 0.15) is 56.7 Å². The van der Waals surface area contributed by atoms with E-state index in [2.05, 4.69) is 43.4 Å². The van der Waals surface area contributed by atoms with Crippen LogP contribution in [0.3, 0.4) is 0 Å². The zero-order chi connectivity index (χ0) is 13.9. The summed E-state index contributed by atoms with van der Waals surface area (Å²) < 4.78 is 6.05. The molecule has 20 heavy (non-hydrogen) atoms. The van der Waals surface area contributed by atoms with E-state index < -0.39 is 0 Å². The largest absolute Gasteiger partial charge is 0.375 e. The summed E-state index contributed by atoms with van der Waals surface area (Å²) in [6, 6.07) is 9.49. The van der Waals surface area contributed by atoms with Gasteiger partial charge in [-0.05, 0) is 62.6 Å². The first-order valence-electron chi connectivity index (χ1n) is 8.24. The van der Waals surface area contributed by atoms with E-state index in [9.17, 15) is 0 Å². The SMILES string of the molecule is CCCNC1c2ccccc2CC1CC1CCC(C)O1. The summed E-state index contributed by atoms with van der Waals surface area (Å²) in [5, 5.41) is 3.77. The van der Waals surface area contributed by atoms with Gasteiger partial charge >= 0.3 is 0 Å². The molecule has 1 saturated heterocycles. The standard InChI is InChI=1S/C18H27NO/c1-3-10-19-18-15(12-16-9-8-13(2)20-16)11-14-6-4-5-7-17(14)18/h4-7,13,15-16,18-19H,3,8-12H2,1-2H3. The van der Waals surface area contributed by atoms with Crippen LogP contribution in [0.25, 0.3) is 0 Å². The molecule has 1 heterocycles. The van der Waals surface area contributed by atoms with Crippen molar-refractivity contribution in [2.24, 2.45) is 5.92 Å². The summed E-state index contributed by atoms with van der Waals surface area (Å²) >= 11 is 0. The van der Waals surface area contributed by atoms with Crippen molar-refractivity contribution in [3.05, 3.63) is 35.4 Å². The van der Waals surface area contributed by atoms with E-state index >= 15 is 0 Å². The summed E-state index contributed by atoms with van der Waals surface area (Å²) in [7, 11) is 0. The molecule has 4 unspecified atom stereocenters. The number of nitrogens with one attached hydrogen (secondary N) is 1. The van der Waals surface area contributed by atoms with Gasteiger partial charge in [-0.15, -0.1) is 0 Å². The van der Waals surface area contributed by atoms with Crippen molar-refractivity contribution in [2.45, 2.75) is 64.2 Å². The zero-order valence-electron chi connectivity index (χ0n) is 12.8. The number of fused-ring (bicyclic) bond motifs is 1. The highest BCUT2D eigenvalue weighted by atomic mass is 16.5. The van der Waals surface area contributed by atoms with Gasteiger partial charge in [0.2, 0.25) is 0 Å². The van der Waals surface area contributed by atoms with Crippen LogP contribution >= 0.6 is 0 Å². The summed E-state index contributed by atoms with van der Waals surface area (Å²) in [6.07, 6.45) is 7.04. The van der Waals surface area contributed by atoms with Crippen LogP contribution in [0, 0.1) is 5.92 Å². The zero-order valence-corrected chi connectivity index (χ0v) is 12.8. The van der Waals surface area contributed by atoms with Gasteiger partial charge in [0, 0.05) is 6.04 Å². The molecule has 2 heteroatoms. The first kappa shape index (κ1) is 14.1. The van der Waals surface area contributed by atoms with E-state index in [0.717, 1.165) is 6.54 Å². The number of ether oxygens (including phenoxy) is 1. The summed E-state index contributed by atoms with van der Waals surface area (Å²) in [4.78, 5) is 0. The lowest BCUT2D eigenvalue weighted by atomic mass is 9.93. The first-order valence-corrected chi connectivity index (χ1v) is 8.24. The van der Waals surface area contributed by atoms with Gasteiger partial charge in [-0.1, -0.05) is 31.2 Å². The molecular formula is C18H27NO. The van der Waals surface area contributed by atoms with Crippen LogP contribution in [-0.4, -0.2) is 18.8 Å². The van der Waals surface area contributed by atoms with E-state index in [1.165, 1.54) is 43.2 Å². The van der Waals surface area contributed by atoms with Crippen LogP contribution in [-0.2, 0) is 11.2 Å². The smallest absolute Gasteiger partial charge is 0.0583 e. The van der Waals surface area contributed by atoms with Gasteiger partial charge in [-0.3, -0.25) is 0 Å². The molecule has 110 valence electrons. The minimum absolute atomic E-state index is 0.464. The fraction of sp³-hybridized carbons (Fsp3) is 0.667.